The third kappa shape index (κ3) is 70.7. The van der Waals surface area contributed by atoms with Crippen molar-refractivity contribution in [2.24, 2.45) is 0 Å². The second kappa shape index (κ2) is 69.3. The highest BCUT2D eigenvalue weighted by molar-refractivity contribution is 5.71. The maximum absolute atomic E-state index is 12.9. The van der Waals surface area contributed by atoms with Gasteiger partial charge in [-0.15, -0.1) is 0 Å². The Bertz CT molecular complexity index is 1930. The van der Waals surface area contributed by atoms with E-state index in [1.807, 2.05) is 21.1 Å². The second-order valence-electron chi connectivity index (χ2n) is 25.1. The van der Waals surface area contributed by atoms with Gasteiger partial charge in [-0.3, -0.25) is 9.59 Å². The number of allylic oxidation sites excluding steroid dienone is 22. The van der Waals surface area contributed by atoms with Gasteiger partial charge in [0, 0.05) is 12.8 Å². The van der Waals surface area contributed by atoms with Crippen LogP contribution in [0.1, 0.15) is 296 Å². The molecule has 0 aromatic carbocycles. The minimum absolute atomic E-state index is 0.181. The fourth-order valence-electron chi connectivity index (χ4n) is 9.93. The number of carbonyl (C=O) groups excluding carboxylic acids is 2. The molecule has 0 rings (SSSR count). The highest BCUT2D eigenvalue weighted by Gasteiger charge is 2.25. The summed E-state index contributed by atoms with van der Waals surface area (Å²) in [4.78, 5) is 37.7. The highest BCUT2D eigenvalue weighted by atomic mass is 16.7. The number of quaternary nitrogens is 1. The van der Waals surface area contributed by atoms with Gasteiger partial charge >= 0.3 is 17.9 Å². The van der Waals surface area contributed by atoms with Crippen LogP contribution in [-0.2, 0) is 33.3 Å². The number of carbonyl (C=O) groups is 3. The number of hydrogen-bond acceptors (Lipinski definition) is 7. The molecule has 0 heterocycles. The summed E-state index contributed by atoms with van der Waals surface area (Å²) in [6.45, 7) is 4.65. The number of ether oxygens (including phenoxy) is 4. The number of esters is 2. The van der Waals surface area contributed by atoms with Gasteiger partial charge in [0.15, 0.2) is 6.10 Å². The van der Waals surface area contributed by atoms with Crippen LogP contribution in [0, 0.1) is 0 Å². The van der Waals surface area contributed by atoms with E-state index in [0.717, 1.165) is 116 Å². The summed E-state index contributed by atoms with van der Waals surface area (Å²) in [5.41, 5.74) is 0. The Morgan fingerprint density at radius 2 is 0.607 bits per heavy atom. The molecular weight excluding hydrogens is 1100 g/mol. The van der Waals surface area contributed by atoms with Gasteiger partial charge in [-0.25, -0.2) is 4.79 Å². The lowest BCUT2D eigenvalue weighted by molar-refractivity contribution is -0.870. The number of aliphatic carboxylic acids is 1. The summed E-state index contributed by atoms with van der Waals surface area (Å²) in [5.74, 6) is -2.01. The van der Waals surface area contributed by atoms with Gasteiger partial charge in [-0.1, -0.05) is 308 Å². The number of hydrogen-bond donors (Lipinski definition) is 1. The zero-order valence-electron chi connectivity index (χ0n) is 58.0. The summed E-state index contributed by atoms with van der Waals surface area (Å²) in [7, 11) is 5.97. The first-order valence-corrected chi connectivity index (χ1v) is 36.3. The van der Waals surface area contributed by atoms with Crippen molar-refractivity contribution in [2.45, 2.75) is 309 Å². The van der Waals surface area contributed by atoms with Gasteiger partial charge in [-0.05, 0) is 109 Å². The molecular formula is C80H136NO8+. The molecule has 9 nitrogen and oxygen atoms in total. The summed E-state index contributed by atoms with van der Waals surface area (Å²) in [6, 6.07) is 0. The summed E-state index contributed by atoms with van der Waals surface area (Å²) in [5, 5.41) is 9.75. The second-order valence-corrected chi connectivity index (χ2v) is 25.1. The Kier molecular flexibility index (Phi) is 65.8. The average molecular weight is 1240 g/mol. The molecule has 2 unspecified atom stereocenters. The summed E-state index contributed by atoms with van der Waals surface area (Å²) in [6.07, 6.45) is 97.2. The lowest BCUT2D eigenvalue weighted by Gasteiger charge is -2.25. The number of carboxylic acids is 1. The highest BCUT2D eigenvalue weighted by Crippen LogP contribution is 2.17. The molecule has 9 heteroatoms. The van der Waals surface area contributed by atoms with E-state index in [4.69, 9.17) is 18.9 Å². The molecule has 0 aliphatic carbocycles. The van der Waals surface area contributed by atoms with Gasteiger partial charge in [0.1, 0.15) is 13.2 Å². The van der Waals surface area contributed by atoms with E-state index >= 15 is 0 Å². The fourth-order valence-corrected chi connectivity index (χ4v) is 9.93. The molecule has 2 atom stereocenters. The number of likely N-dealkylation sites (N-methyl/N-ethyl adjacent to an activating group) is 1. The van der Waals surface area contributed by atoms with Crippen molar-refractivity contribution >= 4 is 17.9 Å². The summed E-state index contributed by atoms with van der Waals surface area (Å²) < 4.78 is 23.0. The van der Waals surface area contributed by atoms with Crippen LogP contribution in [0.5, 0.6) is 0 Å². The predicted octanol–water partition coefficient (Wildman–Crippen LogP) is 22.9. The molecule has 0 amide bonds. The van der Waals surface area contributed by atoms with Crippen LogP contribution in [0.25, 0.3) is 0 Å². The zero-order chi connectivity index (χ0) is 64.7. The Balaban J connectivity index is 4.08. The smallest absolute Gasteiger partial charge is 0.361 e. The number of rotatable bonds is 66. The molecule has 0 bridgehead atoms. The molecule has 0 radical (unpaired) electrons. The third-order valence-electron chi connectivity index (χ3n) is 15.4. The molecule has 0 fully saturated rings. The first-order chi connectivity index (χ1) is 43.6. The molecule has 89 heavy (non-hydrogen) atoms. The molecule has 0 saturated carbocycles. The van der Waals surface area contributed by atoms with E-state index in [0.29, 0.717) is 23.9 Å². The van der Waals surface area contributed by atoms with E-state index in [1.54, 1.807) is 0 Å². The van der Waals surface area contributed by atoms with Crippen LogP contribution < -0.4 is 0 Å². The van der Waals surface area contributed by atoms with Crippen molar-refractivity contribution in [1.29, 1.82) is 0 Å². The first kappa shape index (κ1) is 84.4. The van der Waals surface area contributed by atoms with Crippen LogP contribution in [0.3, 0.4) is 0 Å². The fraction of sp³-hybridized carbons (Fsp3) is 0.688. The predicted molar refractivity (Wildman–Crippen MR) is 382 cm³/mol. The number of nitrogens with zero attached hydrogens (tertiary/aromatic N) is 1. The average Bonchev–Trinajstić information content (AvgIpc) is 3.64. The van der Waals surface area contributed by atoms with Crippen LogP contribution in [0.15, 0.2) is 134 Å². The third-order valence-corrected chi connectivity index (χ3v) is 15.4. The van der Waals surface area contributed by atoms with Crippen LogP contribution in [0.2, 0.25) is 0 Å². The SMILES string of the molecule is CC/C=C\C/C=C\C/C=C\C/C=C\C/C=C\C/C=C\CCCCCCCCCCC(=O)OC(COC(=O)CCCCCCCCCCCCCCCCCCCCCCC/C=C\C/C=C\C/C=C\C/C=C\C/C=C\CC)COC(OCC[N+](C)(C)C)C(=O)O. The van der Waals surface area contributed by atoms with Crippen molar-refractivity contribution in [3.63, 3.8) is 0 Å². The molecule has 0 spiro atoms. The van der Waals surface area contributed by atoms with Crippen LogP contribution in [0.4, 0.5) is 0 Å². The lowest BCUT2D eigenvalue weighted by Crippen LogP contribution is -2.40. The summed E-state index contributed by atoms with van der Waals surface area (Å²) >= 11 is 0. The molecule has 0 aromatic rings. The maximum Gasteiger partial charge on any atom is 0.361 e. The van der Waals surface area contributed by atoms with Gasteiger partial charge in [-0.2, -0.15) is 0 Å². The Morgan fingerprint density at radius 1 is 0.337 bits per heavy atom. The first-order valence-electron chi connectivity index (χ1n) is 36.3. The normalized spacial score (nSPS) is 13.5. The molecule has 0 aliphatic heterocycles. The van der Waals surface area contributed by atoms with Crippen molar-refractivity contribution in [3.05, 3.63) is 134 Å². The Labute approximate surface area is 548 Å². The largest absolute Gasteiger partial charge is 0.477 e. The van der Waals surface area contributed by atoms with Gasteiger partial charge in [0.2, 0.25) is 0 Å². The Hall–Kier alpha value is -4.57. The van der Waals surface area contributed by atoms with Crippen molar-refractivity contribution in [2.75, 3.05) is 47.5 Å². The number of carboxylic acid groups (broad SMARTS) is 1. The lowest BCUT2D eigenvalue weighted by atomic mass is 10.0. The minimum atomic E-state index is -1.52. The van der Waals surface area contributed by atoms with E-state index in [9.17, 15) is 19.5 Å². The van der Waals surface area contributed by atoms with E-state index < -0.39 is 24.3 Å². The topological polar surface area (TPSA) is 108 Å². The Morgan fingerprint density at radius 3 is 0.899 bits per heavy atom. The van der Waals surface area contributed by atoms with E-state index in [2.05, 4.69) is 148 Å². The molecule has 508 valence electrons. The van der Waals surface area contributed by atoms with E-state index in [1.165, 1.54) is 148 Å². The van der Waals surface area contributed by atoms with Crippen LogP contribution in [-0.4, -0.2) is 87.4 Å². The van der Waals surface area contributed by atoms with Gasteiger partial charge < -0.3 is 28.5 Å². The monoisotopic (exact) mass is 1240 g/mol. The minimum Gasteiger partial charge on any atom is -0.477 e. The van der Waals surface area contributed by atoms with Gasteiger partial charge in [0.25, 0.3) is 6.29 Å². The zero-order valence-corrected chi connectivity index (χ0v) is 58.0. The van der Waals surface area contributed by atoms with Crippen molar-refractivity contribution < 1.29 is 42.9 Å². The van der Waals surface area contributed by atoms with E-state index in [-0.39, 0.29) is 32.2 Å². The van der Waals surface area contributed by atoms with Crippen LogP contribution >= 0.6 is 0 Å². The standard InChI is InChI=1S/C80H135NO8/c1-6-8-10-12-14-16-18-20-22-24-26-28-30-32-34-35-36-37-38-39-40-41-42-43-45-46-48-50-52-54-56-58-60-62-64-66-68-70-77(82)87-74-76(75-88-80(79(84)85)86-73-72-81(3,4)5)89-78(83)71-69-67-65-63-61-59-57-55-53-51-49-47-44-33-31-29-27-25-23-21-19-17-15-13-11-9-7-2/h8-11,14-17,20-23,26-29,32-34,44,49,51,76,80H,6-7,12-13,18-19,24-25,30-31,35-43,45-48,50,52-75H2,1-5H3/p+1/b10-8-,11-9-,16-14-,17-15-,22-20-,23-21-,28-26-,29-27-,34-32-,44-33-,51-49-. The maximum atomic E-state index is 12.9. The van der Waals surface area contributed by atoms with Gasteiger partial charge in [0.05, 0.1) is 34.4 Å². The van der Waals surface area contributed by atoms with Crippen molar-refractivity contribution in [3.8, 4) is 0 Å². The molecule has 0 aliphatic rings. The molecule has 0 aromatic heterocycles. The quantitative estimate of drug-likeness (QED) is 0.0211. The molecule has 0 saturated heterocycles. The number of unbranched alkanes of at least 4 members (excludes halogenated alkanes) is 29. The van der Waals surface area contributed by atoms with Crippen molar-refractivity contribution in [1.82, 2.24) is 0 Å². The molecule has 1 N–H and O–H groups in total.